The highest BCUT2D eigenvalue weighted by Crippen LogP contribution is 2.27. The number of ether oxygens (including phenoxy) is 2. The molecular weight excluding hydrogens is 296 g/mol. The molecular formula is C16H20N4O3. The third-order valence-corrected chi connectivity index (χ3v) is 3.19. The van der Waals surface area contributed by atoms with Crippen molar-refractivity contribution in [3.63, 3.8) is 0 Å². The van der Waals surface area contributed by atoms with Crippen LogP contribution in [-0.2, 0) is 13.1 Å². The van der Waals surface area contributed by atoms with Gasteiger partial charge in [0, 0.05) is 12.2 Å². The van der Waals surface area contributed by atoms with Crippen molar-refractivity contribution in [2.75, 3.05) is 14.2 Å². The maximum atomic E-state index is 11.8. The van der Waals surface area contributed by atoms with Crippen LogP contribution in [0.4, 0.5) is 4.79 Å². The predicted molar refractivity (Wildman–Crippen MR) is 85.4 cm³/mol. The number of methoxy groups -OCH3 is 2. The number of aromatic nitrogens is 2. The van der Waals surface area contributed by atoms with Gasteiger partial charge in [0.1, 0.15) is 6.33 Å². The van der Waals surface area contributed by atoms with Crippen molar-refractivity contribution in [1.82, 2.24) is 20.6 Å². The number of aryl methyl sites for hydroxylation is 1. The van der Waals surface area contributed by atoms with Gasteiger partial charge in [-0.15, -0.1) is 0 Å². The molecule has 0 saturated carbocycles. The first-order valence-corrected chi connectivity index (χ1v) is 7.12. The van der Waals surface area contributed by atoms with Crippen molar-refractivity contribution < 1.29 is 14.3 Å². The minimum Gasteiger partial charge on any atom is -0.493 e. The van der Waals surface area contributed by atoms with Gasteiger partial charge in [-0.25, -0.2) is 14.8 Å². The first-order valence-electron chi connectivity index (χ1n) is 7.12. The van der Waals surface area contributed by atoms with Crippen LogP contribution in [0.25, 0.3) is 0 Å². The Labute approximate surface area is 135 Å². The molecule has 0 unspecified atom stereocenters. The van der Waals surface area contributed by atoms with Crippen LogP contribution in [0.3, 0.4) is 0 Å². The molecule has 1 heterocycles. The lowest BCUT2D eigenvalue weighted by atomic mass is 10.2. The topological polar surface area (TPSA) is 85.4 Å². The van der Waals surface area contributed by atoms with Gasteiger partial charge in [0.25, 0.3) is 0 Å². The minimum atomic E-state index is -0.268. The van der Waals surface area contributed by atoms with Gasteiger partial charge in [-0.2, -0.15) is 0 Å². The molecule has 0 aliphatic heterocycles. The molecule has 0 fully saturated rings. The van der Waals surface area contributed by atoms with Crippen molar-refractivity contribution in [2.45, 2.75) is 20.0 Å². The second-order valence-electron chi connectivity index (χ2n) is 4.88. The molecule has 0 bridgehead atoms. The number of carbonyl (C=O) groups excluding carboxylic acids is 1. The Hall–Kier alpha value is -2.83. The first-order chi connectivity index (χ1) is 11.1. The number of urea groups is 1. The summed E-state index contributed by atoms with van der Waals surface area (Å²) in [5.74, 6) is 1.28. The fourth-order valence-corrected chi connectivity index (χ4v) is 2.01. The minimum absolute atomic E-state index is 0.268. The molecule has 1 aromatic carbocycles. The van der Waals surface area contributed by atoms with Crippen LogP contribution in [0.1, 0.15) is 17.0 Å². The number of rotatable bonds is 6. The highest BCUT2D eigenvalue weighted by Gasteiger charge is 2.06. The van der Waals surface area contributed by atoms with Crippen molar-refractivity contribution in [3.8, 4) is 11.5 Å². The molecule has 0 aliphatic carbocycles. The van der Waals surface area contributed by atoms with Gasteiger partial charge in [0.2, 0.25) is 0 Å². The summed E-state index contributed by atoms with van der Waals surface area (Å²) >= 11 is 0. The molecule has 7 heteroatoms. The third-order valence-electron chi connectivity index (χ3n) is 3.19. The van der Waals surface area contributed by atoms with E-state index in [1.165, 1.54) is 6.33 Å². The van der Waals surface area contributed by atoms with Crippen LogP contribution in [0.5, 0.6) is 11.5 Å². The molecule has 2 aromatic rings. The van der Waals surface area contributed by atoms with Crippen molar-refractivity contribution in [3.05, 3.63) is 47.5 Å². The zero-order valence-corrected chi connectivity index (χ0v) is 13.4. The first kappa shape index (κ1) is 16.5. The number of nitrogens with zero attached hydrogens (tertiary/aromatic N) is 2. The summed E-state index contributed by atoms with van der Waals surface area (Å²) in [6.45, 7) is 2.61. The van der Waals surface area contributed by atoms with Gasteiger partial charge in [0.05, 0.1) is 26.5 Å². The molecule has 2 amide bonds. The summed E-state index contributed by atoms with van der Waals surface area (Å²) < 4.78 is 10.4. The smallest absolute Gasteiger partial charge is 0.315 e. The summed E-state index contributed by atoms with van der Waals surface area (Å²) in [7, 11) is 3.16. The molecule has 0 aliphatic rings. The van der Waals surface area contributed by atoms with E-state index in [4.69, 9.17) is 9.47 Å². The maximum Gasteiger partial charge on any atom is 0.315 e. The Balaban J connectivity index is 1.84. The molecule has 7 nitrogen and oxygen atoms in total. The molecule has 0 radical (unpaired) electrons. The Bertz CT molecular complexity index is 676. The van der Waals surface area contributed by atoms with Gasteiger partial charge >= 0.3 is 6.03 Å². The fourth-order valence-electron chi connectivity index (χ4n) is 2.01. The van der Waals surface area contributed by atoms with Gasteiger partial charge in [-0.1, -0.05) is 6.07 Å². The van der Waals surface area contributed by atoms with E-state index in [0.717, 1.165) is 17.0 Å². The number of carbonyl (C=O) groups is 1. The number of amides is 2. The second-order valence-corrected chi connectivity index (χ2v) is 4.88. The van der Waals surface area contributed by atoms with Gasteiger partial charge in [0.15, 0.2) is 11.5 Å². The number of benzene rings is 1. The maximum absolute atomic E-state index is 11.8. The van der Waals surface area contributed by atoms with Crippen LogP contribution in [0.2, 0.25) is 0 Å². The van der Waals surface area contributed by atoms with Gasteiger partial charge in [-0.05, 0) is 30.7 Å². The van der Waals surface area contributed by atoms with E-state index in [-0.39, 0.29) is 6.03 Å². The lowest BCUT2D eigenvalue weighted by molar-refractivity contribution is 0.240. The van der Waals surface area contributed by atoms with Crippen molar-refractivity contribution >= 4 is 6.03 Å². The van der Waals surface area contributed by atoms with Gasteiger partial charge < -0.3 is 20.1 Å². The van der Waals surface area contributed by atoms with Crippen LogP contribution < -0.4 is 20.1 Å². The van der Waals surface area contributed by atoms with E-state index in [2.05, 4.69) is 20.6 Å². The van der Waals surface area contributed by atoms with E-state index in [1.54, 1.807) is 20.3 Å². The van der Waals surface area contributed by atoms with E-state index in [1.807, 2.05) is 25.1 Å². The molecule has 2 rings (SSSR count). The Kier molecular flexibility index (Phi) is 5.74. The second kappa shape index (κ2) is 7.98. The molecule has 1 aromatic heterocycles. The lowest BCUT2D eigenvalue weighted by Gasteiger charge is -2.11. The van der Waals surface area contributed by atoms with E-state index >= 15 is 0 Å². The molecule has 122 valence electrons. The molecule has 0 atom stereocenters. The summed E-state index contributed by atoms with van der Waals surface area (Å²) in [6, 6.07) is 7.06. The zero-order chi connectivity index (χ0) is 16.7. The monoisotopic (exact) mass is 316 g/mol. The molecule has 0 spiro atoms. The van der Waals surface area contributed by atoms with E-state index in [0.29, 0.717) is 24.6 Å². The standard InChI is InChI=1S/C16H20N4O3/c1-11-6-13(20-10-19-11)9-18-16(21)17-8-12-4-5-14(22-2)15(7-12)23-3/h4-7,10H,8-9H2,1-3H3,(H2,17,18,21). The average Bonchev–Trinajstić information content (AvgIpc) is 2.57. The van der Waals surface area contributed by atoms with Crippen molar-refractivity contribution in [1.29, 1.82) is 0 Å². The number of hydrogen-bond acceptors (Lipinski definition) is 5. The highest BCUT2D eigenvalue weighted by molar-refractivity contribution is 5.73. The average molecular weight is 316 g/mol. The van der Waals surface area contributed by atoms with Gasteiger partial charge in [-0.3, -0.25) is 0 Å². The van der Waals surface area contributed by atoms with Crippen LogP contribution in [0, 0.1) is 6.92 Å². The predicted octanol–water partition coefficient (Wildman–Crippen LogP) is 1.80. The molecule has 2 N–H and O–H groups in total. The van der Waals surface area contributed by atoms with Crippen LogP contribution in [0.15, 0.2) is 30.6 Å². The Morgan fingerprint density at radius 1 is 1.04 bits per heavy atom. The normalized spacial score (nSPS) is 10.0. The Morgan fingerprint density at radius 2 is 1.78 bits per heavy atom. The zero-order valence-electron chi connectivity index (χ0n) is 13.4. The van der Waals surface area contributed by atoms with Crippen LogP contribution in [-0.4, -0.2) is 30.2 Å². The fraction of sp³-hybridized carbons (Fsp3) is 0.312. The van der Waals surface area contributed by atoms with E-state index in [9.17, 15) is 4.79 Å². The largest absolute Gasteiger partial charge is 0.493 e. The molecule has 0 saturated heterocycles. The number of nitrogens with one attached hydrogen (secondary N) is 2. The van der Waals surface area contributed by atoms with Crippen molar-refractivity contribution in [2.24, 2.45) is 0 Å². The SMILES string of the molecule is COc1ccc(CNC(=O)NCc2cc(C)ncn2)cc1OC. The summed E-state index contributed by atoms with van der Waals surface area (Å²) in [4.78, 5) is 19.9. The summed E-state index contributed by atoms with van der Waals surface area (Å²) in [5.41, 5.74) is 2.54. The lowest BCUT2D eigenvalue weighted by Crippen LogP contribution is -2.34. The number of hydrogen-bond donors (Lipinski definition) is 2. The third kappa shape index (κ3) is 4.84. The summed E-state index contributed by atoms with van der Waals surface area (Å²) in [6.07, 6.45) is 1.48. The van der Waals surface area contributed by atoms with E-state index < -0.39 is 0 Å². The quantitative estimate of drug-likeness (QED) is 0.849. The molecule has 23 heavy (non-hydrogen) atoms. The highest BCUT2D eigenvalue weighted by atomic mass is 16.5. The van der Waals surface area contributed by atoms with Crippen LogP contribution >= 0.6 is 0 Å². The summed E-state index contributed by atoms with van der Waals surface area (Å²) in [5, 5.41) is 5.53. The Morgan fingerprint density at radius 3 is 2.48 bits per heavy atom.